The first-order chi connectivity index (χ1) is 11.5. The van der Waals surface area contributed by atoms with Gasteiger partial charge in [-0.3, -0.25) is 9.89 Å². The number of aliphatic carboxylic acids is 1. The largest absolute Gasteiger partial charge is 0.490 e. The van der Waals surface area contributed by atoms with Crippen LogP contribution in [0.25, 0.3) is 11.4 Å². The van der Waals surface area contributed by atoms with Crippen LogP contribution in [-0.2, 0) is 9.59 Å². The molecule has 25 heavy (non-hydrogen) atoms. The van der Waals surface area contributed by atoms with E-state index in [4.69, 9.17) is 21.5 Å². The van der Waals surface area contributed by atoms with Crippen molar-refractivity contribution in [3.05, 3.63) is 30.1 Å². The minimum absolute atomic E-state index is 0.434. The van der Waals surface area contributed by atoms with Crippen LogP contribution >= 0.6 is 11.6 Å². The SMILES string of the molecule is Cc1nc(-c2cccc(NC(=O)C(F)Cl)c2)n[nH]1.O=C(O)C(F)(F)F. The first-order valence-electron chi connectivity index (χ1n) is 6.39. The molecular weight excluding hydrogens is 372 g/mol. The van der Waals surface area contributed by atoms with E-state index in [0.29, 0.717) is 22.9 Å². The number of hydrogen-bond acceptors (Lipinski definition) is 4. The molecule has 7 nitrogen and oxygen atoms in total. The summed E-state index contributed by atoms with van der Waals surface area (Å²) in [7, 11) is 0. The third-order valence-corrected chi connectivity index (χ3v) is 2.62. The van der Waals surface area contributed by atoms with E-state index >= 15 is 0 Å². The molecule has 1 unspecified atom stereocenters. The van der Waals surface area contributed by atoms with Crippen molar-refractivity contribution in [3.63, 3.8) is 0 Å². The maximum absolute atomic E-state index is 12.5. The van der Waals surface area contributed by atoms with Gasteiger partial charge in [0.05, 0.1) is 0 Å². The summed E-state index contributed by atoms with van der Waals surface area (Å²) in [5.74, 6) is -2.47. The molecule has 12 heteroatoms. The van der Waals surface area contributed by atoms with Gasteiger partial charge in [0.1, 0.15) is 5.82 Å². The van der Waals surface area contributed by atoms with Gasteiger partial charge in [-0.2, -0.15) is 18.3 Å². The lowest BCUT2D eigenvalue weighted by atomic mass is 10.2. The maximum Gasteiger partial charge on any atom is 0.490 e. The standard InChI is InChI=1S/C11H10ClFN4O.C2HF3O2/c1-6-14-10(17-16-6)7-3-2-4-8(5-7)15-11(18)9(12)13;3-2(4,5)1(6)7/h2-5,9H,1H3,(H,15,18)(H,14,16,17);(H,6,7). The number of halogens is 5. The van der Waals surface area contributed by atoms with Crippen molar-refractivity contribution < 1.29 is 32.3 Å². The van der Waals surface area contributed by atoms with Gasteiger partial charge in [0.15, 0.2) is 5.82 Å². The zero-order valence-electron chi connectivity index (χ0n) is 12.4. The van der Waals surface area contributed by atoms with Crippen molar-refractivity contribution in [1.82, 2.24) is 15.2 Å². The lowest BCUT2D eigenvalue weighted by Crippen LogP contribution is -2.21. The monoisotopic (exact) mass is 382 g/mol. The maximum atomic E-state index is 12.5. The Morgan fingerprint density at radius 1 is 1.36 bits per heavy atom. The highest BCUT2D eigenvalue weighted by molar-refractivity contribution is 6.31. The summed E-state index contributed by atoms with van der Waals surface area (Å²) in [6, 6.07) is 6.75. The van der Waals surface area contributed by atoms with E-state index in [0.717, 1.165) is 0 Å². The predicted octanol–water partition coefficient (Wildman–Crippen LogP) is 2.89. The van der Waals surface area contributed by atoms with Crippen LogP contribution in [0.3, 0.4) is 0 Å². The van der Waals surface area contributed by atoms with Gasteiger partial charge < -0.3 is 10.4 Å². The van der Waals surface area contributed by atoms with E-state index in [1.807, 2.05) is 0 Å². The fraction of sp³-hybridized carbons (Fsp3) is 0.231. The predicted molar refractivity (Wildman–Crippen MR) is 79.6 cm³/mol. The van der Waals surface area contributed by atoms with Crippen LogP contribution in [0.4, 0.5) is 23.2 Å². The Kier molecular flexibility index (Phi) is 6.86. The first-order valence-corrected chi connectivity index (χ1v) is 6.83. The highest BCUT2D eigenvalue weighted by Gasteiger charge is 2.38. The van der Waals surface area contributed by atoms with Crippen molar-refractivity contribution in [2.75, 3.05) is 5.32 Å². The molecule has 2 aromatic rings. The summed E-state index contributed by atoms with van der Waals surface area (Å²) in [5, 5.41) is 16.2. The molecule has 0 aliphatic carbocycles. The van der Waals surface area contributed by atoms with Crippen molar-refractivity contribution in [2.45, 2.75) is 18.7 Å². The molecule has 1 heterocycles. The molecule has 1 amide bonds. The van der Waals surface area contributed by atoms with Gasteiger partial charge in [0, 0.05) is 11.3 Å². The summed E-state index contributed by atoms with van der Waals surface area (Å²) in [5.41, 5.74) is -0.926. The molecule has 0 spiro atoms. The lowest BCUT2D eigenvalue weighted by Gasteiger charge is -2.05. The number of carboxylic acid groups (broad SMARTS) is 1. The summed E-state index contributed by atoms with van der Waals surface area (Å²) in [4.78, 5) is 24.2. The fourth-order valence-electron chi connectivity index (χ4n) is 1.40. The number of anilines is 1. The number of carboxylic acids is 1. The minimum Gasteiger partial charge on any atom is -0.475 e. The number of aryl methyl sites for hydroxylation is 1. The first kappa shape index (κ1) is 20.4. The highest BCUT2D eigenvalue weighted by Crippen LogP contribution is 2.19. The quantitative estimate of drug-likeness (QED) is 0.559. The Morgan fingerprint density at radius 3 is 2.40 bits per heavy atom. The normalized spacial score (nSPS) is 11.9. The van der Waals surface area contributed by atoms with E-state index in [1.54, 1.807) is 31.2 Å². The van der Waals surface area contributed by atoms with Gasteiger partial charge in [-0.25, -0.2) is 14.2 Å². The van der Waals surface area contributed by atoms with Crippen LogP contribution < -0.4 is 5.32 Å². The molecule has 3 N–H and O–H groups in total. The molecular formula is C13H11ClF4N4O3. The second-order valence-electron chi connectivity index (χ2n) is 4.42. The van der Waals surface area contributed by atoms with Gasteiger partial charge in [-0.1, -0.05) is 23.7 Å². The van der Waals surface area contributed by atoms with Crippen molar-refractivity contribution in [2.24, 2.45) is 0 Å². The Bertz CT molecular complexity index is 749. The van der Waals surface area contributed by atoms with Crippen LogP contribution in [0.15, 0.2) is 24.3 Å². The van der Waals surface area contributed by atoms with E-state index in [1.165, 1.54) is 0 Å². The summed E-state index contributed by atoms with van der Waals surface area (Å²) in [6.45, 7) is 1.78. The van der Waals surface area contributed by atoms with Gasteiger partial charge in [-0.05, 0) is 19.1 Å². The lowest BCUT2D eigenvalue weighted by molar-refractivity contribution is -0.192. The van der Waals surface area contributed by atoms with Crippen LogP contribution in [0.1, 0.15) is 5.82 Å². The second kappa shape index (κ2) is 8.42. The number of nitrogens with one attached hydrogen (secondary N) is 2. The molecule has 0 radical (unpaired) electrons. The average molecular weight is 383 g/mol. The number of aromatic nitrogens is 3. The number of rotatable bonds is 3. The molecule has 1 aromatic carbocycles. The number of hydrogen-bond donors (Lipinski definition) is 3. The van der Waals surface area contributed by atoms with Gasteiger partial charge in [-0.15, -0.1) is 0 Å². The fourth-order valence-corrected chi connectivity index (χ4v) is 1.46. The number of H-pyrrole nitrogens is 1. The number of aromatic amines is 1. The number of benzene rings is 1. The number of amides is 1. The minimum atomic E-state index is -5.08. The van der Waals surface area contributed by atoms with Gasteiger partial charge in [0.2, 0.25) is 0 Å². The molecule has 0 aliphatic rings. The molecule has 0 bridgehead atoms. The third kappa shape index (κ3) is 6.75. The molecule has 0 aliphatic heterocycles. The Labute approximate surface area is 143 Å². The number of alkyl halides is 5. The van der Waals surface area contributed by atoms with Crippen molar-refractivity contribution in [3.8, 4) is 11.4 Å². The summed E-state index contributed by atoms with van der Waals surface area (Å²) >= 11 is 5.03. The van der Waals surface area contributed by atoms with Gasteiger partial charge >= 0.3 is 12.1 Å². The second-order valence-corrected chi connectivity index (χ2v) is 4.80. The molecule has 1 aromatic heterocycles. The highest BCUT2D eigenvalue weighted by atomic mass is 35.5. The average Bonchev–Trinajstić information content (AvgIpc) is 2.93. The number of carbonyl (C=O) groups is 2. The smallest absolute Gasteiger partial charge is 0.475 e. The van der Waals surface area contributed by atoms with Crippen molar-refractivity contribution in [1.29, 1.82) is 0 Å². The topological polar surface area (TPSA) is 108 Å². The zero-order valence-corrected chi connectivity index (χ0v) is 13.2. The Balaban J connectivity index is 0.000000381. The van der Waals surface area contributed by atoms with E-state index in [2.05, 4.69) is 20.5 Å². The van der Waals surface area contributed by atoms with Crippen molar-refractivity contribution >= 4 is 29.2 Å². The molecule has 2 rings (SSSR count). The van der Waals surface area contributed by atoms with Crippen LogP contribution in [0.5, 0.6) is 0 Å². The Morgan fingerprint density at radius 2 is 1.96 bits per heavy atom. The molecule has 0 fully saturated rings. The molecule has 0 saturated carbocycles. The third-order valence-electron chi connectivity index (χ3n) is 2.43. The number of carbonyl (C=O) groups excluding carboxylic acids is 1. The van der Waals surface area contributed by atoms with E-state index in [9.17, 15) is 22.4 Å². The van der Waals surface area contributed by atoms with Crippen LogP contribution in [0.2, 0.25) is 0 Å². The van der Waals surface area contributed by atoms with Crippen LogP contribution in [0, 0.1) is 6.92 Å². The van der Waals surface area contributed by atoms with E-state index < -0.39 is 23.7 Å². The molecule has 136 valence electrons. The summed E-state index contributed by atoms with van der Waals surface area (Å²) < 4.78 is 44.3. The summed E-state index contributed by atoms with van der Waals surface area (Å²) in [6.07, 6.45) is -5.08. The zero-order chi connectivity index (χ0) is 19.2. The molecule has 0 saturated heterocycles. The Hall–Kier alpha value is -2.69. The number of nitrogens with zero attached hydrogens (tertiary/aromatic N) is 2. The molecule has 1 atom stereocenters. The van der Waals surface area contributed by atoms with Crippen LogP contribution in [-0.4, -0.2) is 44.0 Å². The van der Waals surface area contributed by atoms with Gasteiger partial charge in [0.25, 0.3) is 11.5 Å². The van der Waals surface area contributed by atoms with E-state index in [-0.39, 0.29) is 0 Å².